The van der Waals surface area contributed by atoms with Crippen molar-refractivity contribution in [1.82, 2.24) is 0 Å². The average molecular weight is 380 g/mol. The molecule has 1 N–H and O–H groups in total. The molecule has 0 fully saturated rings. The maximum absolute atomic E-state index is 13.8. The molecule has 3 aromatic rings. The van der Waals surface area contributed by atoms with E-state index in [0.29, 0.717) is 12.2 Å². The second kappa shape index (κ2) is 9.04. The minimum atomic E-state index is -0.822. The molecule has 0 spiro atoms. The molecule has 28 heavy (non-hydrogen) atoms. The van der Waals surface area contributed by atoms with E-state index in [1.165, 1.54) is 12.1 Å². The largest absolute Gasteiger partial charge is 0.497 e. The molecule has 0 unspecified atom stereocenters. The Balaban J connectivity index is 1.73. The first-order valence-electron chi connectivity index (χ1n) is 8.91. The Morgan fingerprint density at radius 3 is 2.29 bits per heavy atom. The van der Waals surface area contributed by atoms with E-state index in [0.717, 1.165) is 28.0 Å². The van der Waals surface area contributed by atoms with Crippen LogP contribution < -0.4 is 9.47 Å². The van der Waals surface area contributed by atoms with Crippen molar-refractivity contribution in [2.45, 2.75) is 19.4 Å². The number of halogens is 1. The third kappa shape index (κ3) is 5.10. The van der Waals surface area contributed by atoms with Gasteiger partial charge in [0.05, 0.1) is 7.11 Å². The van der Waals surface area contributed by atoms with Crippen LogP contribution in [0.5, 0.6) is 11.5 Å². The monoisotopic (exact) mass is 380 g/mol. The number of hydrogen-bond donors (Lipinski definition) is 1. The Hall–Kier alpha value is -3.34. The second-order valence-corrected chi connectivity index (χ2v) is 6.36. The summed E-state index contributed by atoms with van der Waals surface area (Å²) in [5.74, 6) is 0.257. The SMILES string of the molecule is COc1ccc(-c2ccc(F)cc2COc2ccc(CCC(=O)O)cc2)cc1. The number of rotatable bonds is 8. The summed E-state index contributed by atoms with van der Waals surface area (Å²) in [5.41, 5.74) is 3.50. The summed E-state index contributed by atoms with van der Waals surface area (Å²) < 4.78 is 24.8. The van der Waals surface area contributed by atoms with Gasteiger partial charge in [0.1, 0.15) is 23.9 Å². The topological polar surface area (TPSA) is 55.8 Å². The number of aryl methyl sites for hydroxylation is 1. The van der Waals surface area contributed by atoms with Crippen molar-refractivity contribution in [3.05, 3.63) is 83.7 Å². The average Bonchev–Trinajstić information content (AvgIpc) is 2.71. The molecule has 0 aliphatic carbocycles. The Morgan fingerprint density at radius 2 is 1.64 bits per heavy atom. The highest BCUT2D eigenvalue weighted by Gasteiger charge is 2.09. The predicted molar refractivity (Wildman–Crippen MR) is 105 cm³/mol. The number of carboxylic acids is 1. The van der Waals surface area contributed by atoms with Crippen molar-refractivity contribution in [3.63, 3.8) is 0 Å². The number of benzene rings is 3. The van der Waals surface area contributed by atoms with E-state index in [2.05, 4.69) is 0 Å². The summed E-state index contributed by atoms with van der Waals surface area (Å²) in [6.07, 6.45) is 0.565. The maximum atomic E-state index is 13.8. The number of ether oxygens (including phenoxy) is 2. The molecular formula is C23H21FO4. The first kappa shape index (κ1) is 19.4. The molecule has 0 saturated heterocycles. The molecule has 0 heterocycles. The van der Waals surface area contributed by atoms with Crippen LogP contribution in [-0.4, -0.2) is 18.2 Å². The zero-order valence-electron chi connectivity index (χ0n) is 15.5. The fourth-order valence-electron chi connectivity index (χ4n) is 2.90. The molecule has 3 rings (SSSR count). The van der Waals surface area contributed by atoms with Crippen LogP contribution in [0.4, 0.5) is 4.39 Å². The van der Waals surface area contributed by atoms with Crippen molar-refractivity contribution < 1.29 is 23.8 Å². The van der Waals surface area contributed by atoms with Crippen LogP contribution in [-0.2, 0) is 17.8 Å². The molecule has 0 amide bonds. The molecule has 0 aliphatic rings. The quantitative estimate of drug-likeness (QED) is 0.591. The van der Waals surface area contributed by atoms with Crippen molar-refractivity contribution in [1.29, 1.82) is 0 Å². The number of carbonyl (C=O) groups is 1. The van der Waals surface area contributed by atoms with Crippen LogP contribution in [0.1, 0.15) is 17.5 Å². The Bertz CT molecular complexity index is 934. The van der Waals surface area contributed by atoms with Gasteiger partial charge in [-0.05, 0) is 65.1 Å². The van der Waals surface area contributed by atoms with Gasteiger partial charge in [0, 0.05) is 6.42 Å². The third-order valence-electron chi connectivity index (χ3n) is 4.41. The molecule has 3 aromatic carbocycles. The fraction of sp³-hybridized carbons (Fsp3) is 0.174. The van der Waals surface area contributed by atoms with Gasteiger partial charge in [-0.1, -0.05) is 30.3 Å². The van der Waals surface area contributed by atoms with E-state index in [-0.39, 0.29) is 18.8 Å². The van der Waals surface area contributed by atoms with Gasteiger partial charge in [0.2, 0.25) is 0 Å². The first-order chi connectivity index (χ1) is 13.5. The van der Waals surface area contributed by atoms with Crippen molar-refractivity contribution in [3.8, 4) is 22.6 Å². The lowest BCUT2D eigenvalue weighted by molar-refractivity contribution is -0.136. The third-order valence-corrected chi connectivity index (χ3v) is 4.41. The zero-order chi connectivity index (χ0) is 19.9. The molecule has 0 radical (unpaired) electrons. The van der Waals surface area contributed by atoms with Crippen LogP contribution in [0.2, 0.25) is 0 Å². The predicted octanol–water partition coefficient (Wildman–Crippen LogP) is 5.10. The van der Waals surface area contributed by atoms with Crippen LogP contribution in [0.25, 0.3) is 11.1 Å². The number of aliphatic carboxylic acids is 1. The van der Waals surface area contributed by atoms with Gasteiger partial charge in [-0.15, -0.1) is 0 Å². The van der Waals surface area contributed by atoms with Gasteiger partial charge in [-0.25, -0.2) is 4.39 Å². The maximum Gasteiger partial charge on any atom is 0.303 e. The Labute approximate surface area is 163 Å². The summed E-state index contributed by atoms with van der Waals surface area (Å²) in [5, 5.41) is 8.75. The molecule has 4 nitrogen and oxygen atoms in total. The standard InChI is InChI=1S/C23H21FO4/c1-27-20-10-5-17(6-11-20)22-12-7-19(24)14-18(22)15-28-21-8-2-16(3-9-21)4-13-23(25)26/h2-3,5-12,14H,4,13,15H2,1H3,(H,25,26). The summed E-state index contributed by atoms with van der Waals surface area (Å²) >= 11 is 0. The smallest absolute Gasteiger partial charge is 0.303 e. The highest BCUT2D eigenvalue weighted by atomic mass is 19.1. The van der Waals surface area contributed by atoms with Crippen LogP contribution in [0.15, 0.2) is 66.7 Å². The minimum Gasteiger partial charge on any atom is -0.497 e. The molecule has 0 aromatic heterocycles. The van der Waals surface area contributed by atoms with Gasteiger partial charge in [0.25, 0.3) is 0 Å². The van der Waals surface area contributed by atoms with E-state index in [4.69, 9.17) is 14.6 Å². The van der Waals surface area contributed by atoms with Crippen LogP contribution in [0.3, 0.4) is 0 Å². The van der Waals surface area contributed by atoms with Gasteiger partial charge in [0.15, 0.2) is 0 Å². The summed E-state index contributed by atoms with van der Waals surface area (Å²) in [6, 6.07) is 19.5. The van der Waals surface area contributed by atoms with E-state index in [1.54, 1.807) is 25.3 Å². The van der Waals surface area contributed by atoms with E-state index >= 15 is 0 Å². The Morgan fingerprint density at radius 1 is 0.964 bits per heavy atom. The second-order valence-electron chi connectivity index (χ2n) is 6.36. The summed E-state index contributed by atoms with van der Waals surface area (Å²) in [7, 11) is 1.61. The first-order valence-corrected chi connectivity index (χ1v) is 8.91. The van der Waals surface area contributed by atoms with E-state index in [9.17, 15) is 9.18 Å². The van der Waals surface area contributed by atoms with E-state index < -0.39 is 5.97 Å². The summed E-state index contributed by atoms with van der Waals surface area (Å²) in [4.78, 5) is 10.6. The van der Waals surface area contributed by atoms with Crippen LogP contribution in [0, 0.1) is 5.82 Å². The lowest BCUT2D eigenvalue weighted by Gasteiger charge is -2.13. The molecule has 0 atom stereocenters. The van der Waals surface area contributed by atoms with E-state index in [1.807, 2.05) is 36.4 Å². The highest BCUT2D eigenvalue weighted by Crippen LogP contribution is 2.27. The number of carboxylic acid groups (broad SMARTS) is 1. The van der Waals surface area contributed by atoms with Crippen molar-refractivity contribution in [2.75, 3.05) is 7.11 Å². The van der Waals surface area contributed by atoms with Gasteiger partial charge < -0.3 is 14.6 Å². The highest BCUT2D eigenvalue weighted by molar-refractivity contribution is 5.68. The lowest BCUT2D eigenvalue weighted by atomic mass is 10.00. The van der Waals surface area contributed by atoms with Gasteiger partial charge in [-0.3, -0.25) is 4.79 Å². The normalized spacial score (nSPS) is 10.5. The number of methoxy groups -OCH3 is 1. The van der Waals surface area contributed by atoms with Gasteiger partial charge >= 0.3 is 5.97 Å². The molecule has 0 saturated carbocycles. The van der Waals surface area contributed by atoms with Gasteiger partial charge in [-0.2, -0.15) is 0 Å². The lowest BCUT2D eigenvalue weighted by Crippen LogP contribution is -2.00. The van der Waals surface area contributed by atoms with Crippen LogP contribution >= 0.6 is 0 Å². The minimum absolute atomic E-state index is 0.0920. The molecule has 144 valence electrons. The molecular weight excluding hydrogens is 359 g/mol. The van der Waals surface area contributed by atoms with Crippen molar-refractivity contribution >= 4 is 5.97 Å². The summed E-state index contributed by atoms with van der Waals surface area (Å²) in [6.45, 7) is 0.216. The Kier molecular flexibility index (Phi) is 6.27. The molecule has 0 aliphatic heterocycles. The zero-order valence-corrected chi connectivity index (χ0v) is 15.5. The molecule has 5 heteroatoms. The number of hydrogen-bond acceptors (Lipinski definition) is 3. The van der Waals surface area contributed by atoms with Crippen molar-refractivity contribution in [2.24, 2.45) is 0 Å². The molecule has 0 bridgehead atoms. The fourth-order valence-corrected chi connectivity index (χ4v) is 2.90.